The molecule has 56 valence electrons. The quantitative estimate of drug-likeness (QED) is 0.653. The summed E-state index contributed by atoms with van der Waals surface area (Å²) < 4.78 is 2.93. The summed E-state index contributed by atoms with van der Waals surface area (Å²) in [7, 11) is 0. The van der Waals surface area contributed by atoms with Crippen molar-refractivity contribution >= 4 is 56.4 Å². The molecule has 11 heavy (non-hydrogen) atoms. The Balaban J connectivity index is 2.95. The van der Waals surface area contributed by atoms with Crippen LogP contribution in [0.2, 0.25) is 0 Å². The Morgan fingerprint density at radius 2 is 2.00 bits per heavy atom. The lowest BCUT2D eigenvalue weighted by Crippen LogP contribution is -1.78. The molecule has 1 aromatic carbocycles. The zero-order valence-electron chi connectivity index (χ0n) is 5.46. The van der Waals surface area contributed by atoms with Gasteiger partial charge in [-0.05, 0) is 28.7 Å². The summed E-state index contributed by atoms with van der Waals surface area (Å²) in [6, 6.07) is 8.20. The molecule has 0 bridgehead atoms. The van der Waals surface area contributed by atoms with E-state index in [2.05, 4.69) is 62.7 Å². The first kappa shape index (κ1) is 7.78. The highest BCUT2D eigenvalue weighted by Crippen LogP contribution is 2.20. The number of fused-ring (bicyclic) bond motifs is 1. The van der Waals surface area contributed by atoms with Crippen LogP contribution in [0.5, 0.6) is 0 Å². The van der Waals surface area contributed by atoms with Crippen molar-refractivity contribution in [1.82, 2.24) is 7.99 Å². The van der Waals surface area contributed by atoms with Crippen LogP contribution < -0.4 is 0 Å². The van der Waals surface area contributed by atoms with Gasteiger partial charge in [-0.3, -0.25) is 0 Å². The van der Waals surface area contributed by atoms with Gasteiger partial charge in [-0.2, -0.15) is 5.10 Å². The molecule has 4 heteroatoms. The minimum absolute atomic E-state index is 1.06. The summed E-state index contributed by atoms with van der Waals surface area (Å²) >= 11 is 4.42. The fraction of sp³-hybridized carbons (Fsp3) is 0. The first-order valence-corrected chi connectivity index (χ1v) is 5.13. The van der Waals surface area contributed by atoms with E-state index in [-0.39, 0.29) is 0 Å². The number of hydrogen-bond acceptors (Lipinski definition) is 1. The third-order valence-corrected chi connectivity index (χ3v) is 3.03. The van der Waals surface area contributed by atoms with Gasteiger partial charge in [-0.15, -0.1) is 0 Å². The van der Waals surface area contributed by atoms with Crippen molar-refractivity contribution in [1.29, 1.82) is 0 Å². The van der Waals surface area contributed by atoms with Crippen molar-refractivity contribution in [3.8, 4) is 0 Å². The molecule has 0 aliphatic carbocycles. The van der Waals surface area contributed by atoms with Crippen LogP contribution in [0.1, 0.15) is 0 Å². The van der Waals surface area contributed by atoms with Gasteiger partial charge < -0.3 is 0 Å². The molecule has 2 aromatic rings. The molecule has 0 N–H and O–H groups in total. The van der Waals surface area contributed by atoms with Gasteiger partial charge in [-0.1, -0.05) is 18.2 Å². The Hall–Kier alpha value is 0.150. The van der Waals surface area contributed by atoms with Gasteiger partial charge in [0.1, 0.15) is 3.70 Å². The molecule has 0 saturated carbocycles. The maximum Gasteiger partial charge on any atom is 0.132 e. The molecular weight excluding hydrogens is 366 g/mol. The summed E-state index contributed by atoms with van der Waals surface area (Å²) in [6.45, 7) is 0. The average molecular weight is 370 g/mol. The fourth-order valence-corrected chi connectivity index (χ4v) is 2.71. The number of nitrogens with zero attached hydrogens (tertiary/aromatic N) is 2. The summed E-state index contributed by atoms with van der Waals surface area (Å²) in [5.74, 6) is 0. The van der Waals surface area contributed by atoms with Crippen molar-refractivity contribution in [3.05, 3.63) is 28.0 Å². The van der Waals surface area contributed by atoms with E-state index in [1.54, 1.807) is 0 Å². The lowest BCUT2D eigenvalue weighted by Gasteiger charge is -1.87. The van der Waals surface area contributed by atoms with E-state index in [0.29, 0.717) is 0 Å². The van der Waals surface area contributed by atoms with E-state index in [4.69, 9.17) is 0 Å². The molecule has 0 atom stereocenters. The molecule has 0 radical (unpaired) electrons. The SMILES string of the molecule is Ic1nn(I)c2ccccc12. The van der Waals surface area contributed by atoms with Gasteiger partial charge in [-0.25, -0.2) is 2.90 Å². The van der Waals surface area contributed by atoms with E-state index in [9.17, 15) is 0 Å². The van der Waals surface area contributed by atoms with Crippen LogP contribution in [0.15, 0.2) is 24.3 Å². The molecule has 0 aliphatic rings. The average Bonchev–Trinajstić information content (AvgIpc) is 2.30. The van der Waals surface area contributed by atoms with E-state index < -0.39 is 0 Å². The smallest absolute Gasteiger partial charge is 0.132 e. The highest BCUT2D eigenvalue weighted by atomic mass is 127. The van der Waals surface area contributed by atoms with Crippen LogP contribution in [0.4, 0.5) is 0 Å². The summed E-state index contributed by atoms with van der Waals surface area (Å²) in [6.07, 6.45) is 0. The fourth-order valence-electron chi connectivity index (χ4n) is 0.994. The topological polar surface area (TPSA) is 17.8 Å². The van der Waals surface area contributed by atoms with Crippen molar-refractivity contribution in [2.24, 2.45) is 0 Å². The van der Waals surface area contributed by atoms with Gasteiger partial charge in [0.25, 0.3) is 0 Å². The van der Waals surface area contributed by atoms with Gasteiger partial charge in [0.2, 0.25) is 0 Å². The molecule has 0 saturated heterocycles. The van der Waals surface area contributed by atoms with Gasteiger partial charge in [0.15, 0.2) is 0 Å². The molecule has 0 fully saturated rings. The second-order valence-corrected chi connectivity index (χ2v) is 4.10. The summed E-state index contributed by atoms with van der Waals surface area (Å²) in [5.41, 5.74) is 1.18. The Labute approximate surface area is 91.6 Å². The number of aromatic nitrogens is 2. The maximum atomic E-state index is 4.28. The number of halogens is 2. The summed E-state index contributed by atoms with van der Waals surface area (Å²) in [5, 5.41) is 5.50. The predicted molar refractivity (Wildman–Crippen MR) is 61.9 cm³/mol. The molecule has 2 rings (SSSR count). The largest absolute Gasteiger partial charge is 0.203 e. The van der Waals surface area contributed by atoms with Crippen LogP contribution >= 0.6 is 45.5 Å². The Morgan fingerprint density at radius 3 is 2.73 bits per heavy atom. The van der Waals surface area contributed by atoms with E-state index in [1.807, 2.05) is 15.0 Å². The number of rotatable bonds is 0. The van der Waals surface area contributed by atoms with Crippen LogP contribution in [0, 0.1) is 3.70 Å². The standard InChI is InChI=1S/C7H4I2N2/c8-7-5-3-1-2-4-6(5)11(9)10-7/h1-4H. The Bertz CT molecular complexity index is 358. The van der Waals surface area contributed by atoms with Crippen molar-refractivity contribution < 1.29 is 0 Å². The third kappa shape index (κ3) is 1.26. The van der Waals surface area contributed by atoms with Crippen LogP contribution in [-0.4, -0.2) is 7.99 Å². The molecule has 1 heterocycles. The van der Waals surface area contributed by atoms with Crippen LogP contribution in [-0.2, 0) is 0 Å². The Kier molecular flexibility index (Phi) is 2.04. The van der Waals surface area contributed by atoms with Gasteiger partial charge >= 0.3 is 0 Å². The third-order valence-electron chi connectivity index (χ3n) is 1.50. The number of hydrogen-bond donors (Lipinski definition) is 0. The monoisotopic (exact) mass is 370 g/mol. The van der Waals surface area contributed by atoms with Gasteiger partial charge in [0.05, 0.1) is 28.4 Å². The van der Waals surface area contributed by atoms with Crippen molar-refractivity contribution in [2.75, 3.05) is 0 Å². The lowest BCUT2D eigenvalue weighted by atomic mass is 10.3. The molecular formula is C7H4I2N2. The van der Waals surface area contributed by atoms with Gasteiger partial charge in [0, 0.05) is 5.39 Å². The molecule has 1 aromatic heterocycles. The van der Waals surface area contributed by atoms with Crippen molar-refractivity contribution in [3.63, 3.8) is 0 Å². The highest BCUT2D eigenvalue weighted by Gasteiger charge is 2.03. The first-order chi connectivity index (χ1) is 5.29. The van der Waals surface area contributed by atoms with E-state index >= 15 is 0 Å². The predicted octanol–water partition coefficient (Wildman–Crippen LogP) is 2.84. The number of para-hydroxylation sites is 1. The Morgan fingerprint density at radius 1 is 1.27 bits per heavy atom. The second-order valence-electron chi connectivity index (χ2n) is 2.17. The molecule has 0 aliphatic heterocycles. The minimum atomic E-state index is 1.06. The van der Waals surface area contributed by atoms with E-state index in [0.717, 1.165) is 3.70 Å². The first-order valence-electron chi connectivity index (χ1n) is 3.08. The zero-order valence-corrected chi connectivity index (χ0v) is 9.77. The zero-order chi connectivity index (χ0) is 7.84. The molecule has 0 spiro atoms. The minimum Gasteiger partial charge on any atom is -0.203 e. The highest BCUT2D eigenvalue weighted by molar-refractivity contribution is 14.1. The van der Waals surface area contributed by atoms with Crippen LogP contribution in [0.25, 0.3) is 10.9 Å². The number of benzene rings is 1. The lowest BCUT2D eigenvalue weighted by molar-refractivity contribution is 1.06. The molecule has 2 nitrogen and oxygen atoms in total. The summed E-state index contributed by atoms with van der Waals surface area (Å²) in [4.78, 5) is 0. The van der Waals surface area contributed by atoms with E-state index in [1.165, 1.54) is 10.9 Å². The molecule has 0 unspecified atom stereocenters. The second kappa shape index (κ2) is 2.89. The maximum absolute atomic E-state index is 4.28. The normalized spacial score (nSPS) is 10.7. The van der Waals surface area contributed by atoms with Crippen LogP contribution in [0.3, 0.4) is 0 Å². The van der Waals surface area contributed by atoms with Crippen molar-refractivity contribution in [2.45, 2.75) is 0 Å². The molecule has 0 amide bonds.